The summed E-state index contributed by atoms with van der Waals surface area (Å²) in [5.41, 5.74) is 4.06. The van der Waals surface area contributed by atoms with Crippen molar-refractivity contribution in [2.24, 2.45) is 7.05 Å². The number of alkyl halides is 1. The minimum absolute atomic E-state index is 0.178. The number of aryl methyl sites for hydroxylation is 2. The van der Waals surface area contributed by atoms with Crippen LogP contribution in [0.2, 0.25) is 0 Å². The van der Waals surface area contributed by atoms with E-state index in [1.54, 1.807) is 17.1 Å². The van der Waals surface area contributed by atoms with E-state index in [2.05, 4.69) is 20.4 Å². The lowest BCUT2D eigenvalue weighted by atomic mass is 10.1. The van der Waals surface area contributed by atoms with Crippen molar-refractivity contribution in [2.75, 3.05) is 11.9 Å². The van der Waals surface area contributed by atoms with E-state index in [4.69, 9.17) is 0 Å². The Morgan fingerprint density at radius 1 is 1.21 bits per heavy atom. The molecule has 2 atom stereocenters. The Morgan fingerprint density at radius 3 is 2.66 bits per heavy atom. The summed E-state index contributed by atoms with van der Waals surface area (Å²) in [4.78, 5) is 23.2. The standard InChI is InChI=1S/C21H23FN6O/c1-14-19(24-9-8-23-14)13-28-12-16(22)11-20(28)21(29)25-17-5-3-15(4-6-17)18-7-10-27(2)26-18/h3-10,16,20H,11-13H2,1-2H3,(H,25,29)/t16-,20+/m0/s1. The van der Waals surface area contributed by atoms with Gasteiger partial charge in [-0.05, 0) is 25.1 Å². The second kappa shape index (κ2) is 8.08. The molecule has 1 N–H and O–H groups in total. The van der Waals surface area contributed by atoms with Crippen LogP contribution in [0, 0.1) is 6.92 Å². The van der Waals surface area contributed by atoms with Crippen molar-refractivity contribution >= 4 is 11.6 Å². The number of aromatic nitrogens is 4. The van der Waals surface area contributed by atoms with Crippen LogP contribution in [0.25, 0.3) is 11.3 Å². The number of nitrogens with one attached hydrogen (secondary N) is 1. The first-order valence-electron chi connectivity index (χ1n) is 9.55. The third-order valence-electron chi connectivity index (χ3n) is 5.15. The van der Waals surface area contributed by atoms with Crippen LogP contribution in [-0.2, 0) is 18.4 Å². The molecule has 7 nitrogen and oxygen atoms in total. The van der Waals surface area contributed by atoms with Gasteiger partial charge < -0.3 is 5.32 Å². The smallest absolute Gasteiger partial charge is 0.241 e. The number of rotatable bonds is 5. The van der Waals surface area contributed by atoms with Crippen LogP contribution in [0.1, 0.15) is 17.8 Å². The molecule has 0 spiro atoms. The first-order valence-corrected chi connectivity index (χ1v) is 9.55. The Balaban J connectivity index is 1.44. The van der Waals surface area contributed by atoms with E-state index in [1.807, 2.05) is 55.4 Å². The number of carbonyl (C=O) groups excluding carboxylic acids is 1. The maximum absolute atomic E-state index is 14.1. The lowest BCUT2D eigenvalue weighted by Gasteiger charge is -2.23. The van der Waals surface area contributed by atoms with E-state index in [0.29, 0.717) is 12.2 Å². The second-order valence-electron chi connectivity index (χ2n) is 7.31. The number of anilines is 1. The highest BCUT2D eigenvalue weighted by molar-refractivity contribution is 5.95. The monoisotopic (exact) mass is 394 g/mol. The molecular weight excluding hydrogens is 371 g/mol. The summed E-state index contributed by atoms with van der Waals surface area (Å²) in [6.07, 6.45) is 4.26. The van der Waals surface area contributed by atoms with Gasteiger partial charge in [0.25, 0.3) is 0 Å². The summed E-state index contributed by atoms with van der Waals surface area (Å²) in [6.45, 7) is 2.48. The maximum Gasteiger partial charge on any atom is 0.241 e. The lowest BCUT2D eigenvalue weighted by Crippen LogP contribution is -2.39. The molecule has 1 aromatic carbocycles. The molecule has 0 bridgehead atoms. The summed E-state index contributed by atoms with van der Waals surface area (Å²) in [5, 5.41) is 7.28. The molecule has 0 radical (unpaired) electrons. The summed E-state index contributed by atoms with van der Waals surface area (Å²) in [5.74, 6) is -0.211. The summed E-state index contributed by atoms with van der Waals surface area (Å²) in [7, 11) is 1.87. The van der Waals surface area contributed by atoms with E-state index >= 15 is 0 Å². The largest absolute Gasteiger partial charge is 0.325 e. The average Bonchev–Trinajstić information content (AvgIpc) is 3.30. The van der Waals surface area contributed by atoms with Crippen LogP contribution in [0.15, 0.2) is 48.9 Å². The van der Waals surface area contributed by atoms with Crippen molar-refractivity contribution in [3.05, 3.63) is 60.3 Å². The normalized spacial score (nSPS) is 19.4. The predicted octanol–water partition coefficient (Wildman–Crippen LogP) is 2.74. The van der Waals surface area contributed by atoms with Gasteiger partial charge in [0, 0.05) is 56.4 Å². The van der Waals surface area contributed by atoms with Gasteiger partial charge in [-0.15, -0.1) is 0 Å². The van der Waals surface area contributed by atoms with Crippen molar-refractivity contribution in [3.63, 3.8) is 0 Å². The van der Waals surface area contributed by atoms with Crippen LogP contribution in [0.5, 0.6) is 0 Å². The first kappa shape index (κ1) is 19.2. The zero-order valence-electron chi connectivity index (χ0n) is 16.4. The Morgan fingerprint density at radius 2 is 1.97 bits per heavy atom. The molecule has 1 aliphatic rings. The van der Waals surface area contributed by atoms with E-state index in [0.717, 1.165) is 22.6 Å². The molecule has 2 aromatic heterocycles. The molecule has 3 heterocycles. The molecule has 1 aliphatic heterocycles. The topological polar surface area (TPSA) is 75.9 Å². The molecule has 8 heteroatoms. The minimum atomic E-state index is -1.03. The minimum Gasteiger partial charge on any atom is -0.325 e. The SMILES string of the molecule is Cc1nccnc1CN1C[C@@H](F)C[C@@H]1C(=O)Nc1ccc(-c2ccn(C)n2)cc1. The number of amides is 1. The average molecular weight is 394 g/mol. The molecule has 1 fully saturated rings. The quantitative estimate of drug-likeness (QED) is 0.720. The van der Waals surface area contributed by atoms with Gasteiger partial charge in [0.1, 0.15) is 6.17 Å². The highest BCUT2D eigenvalue weighted by atomic mass is 19.1. The summed E-state index contributed by atoms with van der Waals surface area (Å²) in [6, 6.07) is 8.87. The number of hydrogen-bond donors (Lipinski definition) is 1. The van der Waals surface area contributed by atoms with E-state index < -0.39 is 12.2 Å². The Hall–Kier alpha value is -3.13. The lowest BCUT2D eigenvalue weighted by molar-refractivity contribution is -0.120. The molecule has 29 heavy (non-hydrogen) atoms. The van der Waals surface area contributed by atoms with Crippen molar-refractivity contribution in [1.29, 1.82) is 0 Å². The fourth-order valence-corrected chi connectivity index (χ4v) is 3.60. The van der Waals surface area contributed by atoms with Crippen molar-refractivity contribution < 1.29 is 9.18 Å². The van der Waals surface area contributed by atoms with Crippen LogP contribution >= 0.6 is 0 Å². The molecule has 0 aliphatic carbocycles. The Bertz CT molecular complexity index is 1000. The van der Waals surface area contributed by atoms with Gasteiger partial charge in [-0.2, -0.15) is 5.10 Å². The third kappa shape index (κ3) is 4.32. The number of carbonyl (C=O) groups is 1. The molecular formula is C21H23FN6O. The zero-order chi connectivity index (χ0) is 20.4. The van der Waals surface area contributed by atoms with Gasteiger partial charge >= 0.3 is 0 Å². The van der Waals surface area contributed by atoms with Crippen LogP contribution in [0.3, 0.4) is 0 Å². The molecule has 0 saturated carbocycles. The summed E-state index contributed by atoms with van der Waals surface area (Å²) >= 11 is 0. The van der Waals surface area contributed by atoms with E-state index in [9.17, 15) is 9.18 Å². The van der Waals surface area contributed by atoms with Crippen molar-refractivity contribution in [2.45, 2.75) is 32.1 Å². The highest BCUT2D eigenvalue weighted by Crippen LogP contribution is 2.25. The molecule has 4 rings (SSSR count). The fourth-order valence-electron chi connectivity index (χ4n) is 3.60. The van der Waals surface area contributed by atoms with Crippen LogP contribution < -0.4 is 5.32 Å². The second-order valence-corrected chi connectivity index (χ2v) is 7.31. The number of likely N-dealkylation sites (tertiary alicyclic amines) is 1. The van der Waals surface area contributed by atoms with Gasteiger partial charge in [-0.25, -0.2) is 4.39 Å². The van der Waals surface area contributed by atoms with Gasteiger partial charge in [0.2, 0.25) is 5.91 Å². The molecule has 150 valence electrons. The van der Waals surface area contributed by atoms with E-state index in [1.165, 1.54) is 0 Å². The fraction of sp³-hybridized carbons (Fsp3) is 0.333. The maximum atomic E-state index is 14.1. The predicted molar refractivity (Wildman–Crippen MR) is 108 cm³/mol. The van der Waals surface area contributed by atoms with Crippen molar-refractivity contribution in [1.82, 2.24) is 24.6 Å². The van der Waals surface area contributed by atoms with Gasteiger partial charge in [0.15, 0.2) is 0 Å². The number of hydrogen-bond acceptors (Lipinski definition) is 5. The van der Waals surface area contributed by atoms with E-state index in [-0.39, 0.29) is 18.9 Å². The Labute approximate surface area is 168 Å². The molecule has 1 amide bonds. The number of halogens is 1. The summed E-state index contributed by atoms with van der Waals surface area (Å²) < 4.78 is 15.8. The molecule has 0 unspecified atom stereocenters. The van der Waals surface area contributed by atoms with Gasteiger partial charge in [-0.1, -0.05) is 12.1 Å². The van der Waals surface area contributed by atoms with Gasteiger partial charge in [-0.3, -0.25) is 24.3 Å². The molecule has 1 saturated heterocycles. The zero-order valence-corrected chi connectivity index (χ0v) is 16.4. The van der Waals surface area contributed by atoms with Crippen LogP contribution in [-0.4, -0.2) is 49.3 Å². The van der Waals surface area contributed by atoms with Gasteiger partial charge in [0.05, 0.1) is 23.1 Å². The highest BCUT2D eigenvalue weighted by Gasteiger charge is 2.37. The Kier molecular flexibility index (Phi) is 5.35. The molecule has 3 aromatic rings. The first-order chi connectivity index (χ1) is 14.0. The van der Waals surface area contributed by atoms with Crippen molar-refractivity contribution in [3.8, 4) is 11.3 Å². The third-order valence-corrected chi connectivity index (χ3v) is 5.15. The number of benzene rings is 1. The van der Waals surface area contributed by atoms with Crippen LogP contribution in [0.4, 0.5) is 10.1 Å². The number of nitrogens with zero attached hydrogens (tertiary/aromatic N) is 5.